The summed E-state index contributed by atoms with van der Waals surface area (Å²) in [5, 5.41) is 3.34. The molecule has 2 atom stereocenters. The van der Waals surface area contributed by atoms with Gasteiger partial charge in [-0.05, 0) is 33.0 Å². The summed E-state index contributed by atoms with van der Waals surface area (Å²) in [4.78, 5) is 2.30. The molecule has 2 fully saturated rings. The molecule has 0 radical (unpaired) electrons. The Morgan fingerprint density at radius 3 is 3.08 bits per heavy atom. The zero-order valence-corrected chi connectivity index (χ0v) is 7.65. The number of likely N-dealkylation sites (tertiary alicyclic amines) is 1. The third-order valence-electron chi connectivity index (χ3n) is 3.60. The average molecular weight is 172 g/mol. The molecule has 0 aromatic heterocycles. The van der Waals surface area contributed by atoms with E-state index in [2.05, 4.69) is 17.3 Å². The minimum absolute atomic E-state index is 0.000000000000000222. The lowest BCUT2D eigenvalue weighted by Crippen LogP contribution is -2.51. The fraction of sp³-hybridized carbons (Fsp3) is 1.00. The standard InChI is InChI=1S/C9H17FN2/c1-12-5-3-9(7-10)2-4-11-6-8(9)12/h8,11H,2-7H2,1H3. The summed E-state index contributed by atoms with van der Waals surface area (Å²) >= 11 is 0. The highest BCUT2D eigenvalue weighted by Gasteiger charge is 2.47. The summed E-state index contributed by atoms with van der Waals surface area (Å²) in [6, 6.07) is 0.441. The molecule has 0 aliphatic carbocycles. The van der Waals surface area contributed by atoms with Gasteiger partial charge >= 0.3 is 0 Å². The van der Waals surface area contributed by atoms with Crippen LogP contribution in [0.4, 0.5) is 4.39 Å². The molecule has 2 saturated heterocycles. The van der Waals surface area contributed by atoms with Crippen LogP contribution < -0.4 is 5.32 Å². The van der Waals surface area contributed by atoms with Gasteiger partial charge < -0.3 is 10.2 Å². The molecule has 70 valence electrons. The van der Waals surface area contributed by atoms with E-state index in [1.165, 1.54) is 0 Å². The van der Waals surface area contributed by atoms with Crippen molar-refractivity contribution in [1.82, 2.24) is 10.2 Å². The third kappa shape index (κ3) is 1.07. The Bertz CT molecular complexity index is 170. The van der Waals surface area contributed by atoms with Crippen molar-refractivity contribution in [3.8, 4) is 0 Å². The molecule has 0 saturated carbocycles. The van der Waals surface area contributed by atoms with Crippen molar-refractivity contribution in [3.63, 3.8) is 0 Å². The second-order valence-electron chi connectivity index (χ2n) is 4.20. The molecular weight excluding hydrogens is 155 g/mol. The Labute approximate surface area is 73.1 Å². The van der Waals surface area contributed by atoms with Crippen LogP contribution in [-0.4, -0.2) is 44.3 Å². The van der Waals surface area contributed by atoms with Crippen molar-refractivity contribution in [1.29, 1.82) is 0 Å². The minimum Gasteiger partial charge on any atom is -0.315 e. The van der Waals surface area contributed by atoms with Crippen LogP contribution in [0.25, 0.3) is 0 Å². The molecule has 12 heavy (non-hydrogen) atoms. The molecule has 0 aromatic rings. The Balaban J connectivity index is 2.16. The first-order chi connectivity index (χ1) is 5.78. The molecule has 0 amide bonds. The van der Waals surface area contributed by atoms with Gasteiger partial charge in [-0.2, -0.15) is 0 Å². The number of hydrogen-bond donors (Lipinski definition) is 1. The topological polar surface area (TPSA) is 15.3 Å². The SMILES string of the molecule is CN1CCC2(CF)CCNCC12. The highest BCUT2D eigenvalue weighted by molar-refractivity contribution is 5.01. The van der Waals surface area contributed by atoms with Crippen molar-refractivity contribution in [2.45, 2.75) is 18.9 Å². The minimum atomic E-state index is -0.135. The number of nitrogens with zero attached hydrogens (tertiary/aromatic N) is 1. The normalized spacial score (nSPS) is 43.0. The first kappa shape index (κ1) is 8.45. The molecule has 0 aromatic carbocycles. The van der Waals surface area contributed by atoms with E-state index in [0.29, 0.717) is 6.04 Å². The van der Waals surface area contributed by atoms with Crippen LogP contribution in [-0.2, 0) is 0 Å². The van der Waals surface area contributed by atoms with Gasteiger partial charge in [0.05, 0.1) is 6.67 Å². The third-order valence-corrected chi connectivity index (χ3v) is 3.60. The van der Waals surface area contributed by atoms with Crippen molar-refractivity contribution in [3.05, 3.63) is 0 Å². The molecule has 0 spiro atoms. The van der Waals surface area contributed by atoms with Gasteiger partial charge in [-0.3, -0.25) is 4.39 Å². The van der Waals surface area contributed by atoms with Gasteiger partial charge in [-0.15, -0.1) is 0 Å². The van der Waals surface area contributed by atoms with Crippen molar-refractivity contribution in [2.75, 3.05) is 33.4 Å². The maximum absolute atomic E-state index is 12.9. The van der Waals surface area contributed by atoms with E-state index >= 15 is 0 Å². The van der Waals surface area contributed by atoms with Gasteiger partial charge in [0.1, 0.15) is 0 Å². The Hall–Kier alpha value is -0.150. The summed E-state index contributed by atoms with van der Waals surface area (Å²) in [5.41, 5.74) is 0.000000000000000222. The molecule has 2 heterocycles. The lowest BCUT2D eigenvalue weighted by atomic mass is 9.76. The van der Waals surface area contributed by atoms with Gasteiger partial charge in [0.15, 0.2) is 0 Å². The molecule has 3 heteroatoms. The van der Waals surface area contributed by atoms with Gasteiger partial charge in [-0.1, -0.05) is 0 Å². The molecule has 2 unspecified atom stereocenters. The molecule has 2 aliphatic rings. The van der Waals surface area contributed by atoms with E-state index in [1.807, 2.05) is 0 Å². The van der Waals surface area contributed by atoms with E-state index in [-0.39, 0.29) is 12.1 Å². The van der Waals surface area contributed by atoms with Gasteiger partial charge in [0.2, 0.25) is 0 Å². The molecule has 2 rings (SSSR count). The van der Waals surface area contributed by atoms with Crippen LogP contribution in [0.1, 0.15) is 12.8 Å². The summed E-state index contributed by atoms with van der Waals surface area (Å²) in [5.74, 6) is 0. The Morgan fingerprint density at radius 1 is 1.58 bits per heavy atom. The predicted molar refractivity (Wildman–Crippen MR) is 46.9 cm³/mol. The second kappa shape index (κ2) is 2.96. The largest absolute Gasteiger partial charge is 0.315 e. The lowest BCUT2D eigenvalue weighted by molar-refractivity contribution is 0.0971. The van der Waals surface area contributed by atoms with E-state index < -0.39 is 0 Å². The van der Waals surface area contributed by atoms with Crippen molar-refractivity contribution >= 4 is 0 Å². The summed E-state index contributed by atoms with van der Waals surface area (Å²) in [6.45, 7) is 2.90. The molecule has 1 N–H and O–H groups in total. The number of nitrogens with one attached hydrogen (secondary N) is 1. The molecule has 2 aliphatic heterocycles. The monoisotopic (exact) mass is 172 g/mol. The van der Waals surface area contributed by atoms with Gasteiger partial charge in [0, 0.05) is 18.0 Å². The van der Waals surface area contributed by atoms with Crippen LogP contribution in [0, 0.1) is 5.41 Å². The smallest absolute Gasteiger partial charge is 0.0967 e. The number of halogens is 1. The number of piperidine rings is 1. The zero-order valence-electron chi connectivity index (χ0n) is 7.65. The zero-order chi connectivity index (χ0) is 8.60. The quantitative estimate of drug-likeness (QED) is 0.624. The van der Waals surface area contributed by atoms with Crippen LogP contribution in [0.15, 0.2) is 0 Å². The molecule has 2 nitrogen and oxygen atoms in total. The van der Waals surface area contributed by atoms with Crippen LogP contribution in [0.2, 0.25) is 0 Å². The Morgan fingerprint density at radius 2 is 2.42 bits per heavy atom. The van der Waals surface area contributed by atoms with Crippen LogP contribution in [0.5, 0.6) is 0 Å². The maximum atomic E-state index is 12.9. The average Bonchev–Trinajstić information content (AvgIpc) is 2.46. The number of likely N-dealkylation sites (N-methyl/N-ethyl adjacent to an activating group) is 1. The van der Waals surface area contributed by atoms with E-state index in [4.69, 9.17) is 0 Å². The van der Waals surface area contributed by atoms with Gasteiger partial charge in [0.25, 0.3) is 0 Å². The summed E-state index contributed by atoms with van der Waals surface area (Å²) in [6.07, 6.45) is 2.06. The fourth-order valence-corrected chi connectivity index (χ4v) is 2.65. The first-order valence-corrected chi connectivity index (χ1v) is 4.75. The number of hydrogen-bond acceptors (Lipinski definition) is 2. The molecular formula is C9H17FN2. The van der Waals surface area contributed by atoms with Crippen LogP contribution >= 0.6 is 0 Å². The number of rotatable bonds is 1. The summed E-state index contributed by atoms with van der Waals surface area (Å²) in [7, 11) is 2.11. The highest BCUT2D eigenvalue weighted by Crippen LogP contribution is 2.40. The second-order valence-corrected chi connectivity index (χ2v) is 4.20. The fourth-order valence-electron chi connectivity index (χ4n) is 2.65. The number of fused-ring (bicyclic) bond motifs is 1. The van der Waals surface area contributed by atoms with Crippen molar-refractivity contribution < 1.29 is 4.39 Å². The Kier molecular flexibility index (Phi) is 2.09. The van der Waals surface area contributed by atoms with Gasteiger partial charge in [-0.25, -0.2) is 0 Å². The highest BCUT2D eigenvalue weighted by atomic mass is 19.1. The first-order valence-electron chi connectivity index (χ1n) is 4.75. The lowest BCUT2D eigenvalue weighted by Gasteiger charge is -2.39. The van der Waals surface area contributed by atoms with Crippen LogP contribution in [0.3, 0.4) is 0 Å². The van der Waals surface area contributed by atoms with E-state index in [9.17, 15) is 4.39 Å². The van der Waals surface area contributed by atoms with E-state index in [1.54, 1.807) is 0 Å². The van der Waals surface area contributed by atoms with Crippen molar-refractivity contribution in [2.24, 2.45) is 5.41 Å². The van der Waals surface area contributed by atoms with E-state index in [0.717, 1.165) is 32.5 Å². The summed E-state index contributed by atoms with van der Waals surface area (Å²) < 4.78 is 12.9. The number of alkyl halides is 1. The maximum Gasteiger partial charge on any atom is 0.0967 e. The molecule has 0 bridgehead atoms. The predicted octanol–water partition coefficient (Wildman–Crippen LogP) is 0.640.